The SMILES string of the molecule is CN1C[C@H](C(=O)Nc2ccc(F)c(Br)c2)[C@@H](c2ccc(/C=C/C(=O)Nc3ccccc3N)cc2)C1. The Hall–Kier alpha value is -3.49. The maximum atomic E-state index is 13.5. The van der Waals surface area contributed by atoms with Crippen LogP contribution in [0.1, 0.15) is 17.0 Å². The number of benzene rings is 3. The molecular weight excluding hydrogens is 511 g/mol. The topological polar surface area (TPSA) is 87.5 Å². The number of halogens is 2. The number of para-hydroxylation sites is 2. The Balaban J connectivity index is 1.41. The van der Waals surface area contributed by atoms with Gasteiger partial charge in [0.25, 0.3) is 0 Å². The number of nitrogen functional groups attached to an aromatic ring is 1. The fourth-order valence-electron chi connectivity index (χ4n) is 4.22. The minimum absolute atomic E-state index is 0.0197. The summed E-state index contributed by atoms with van der Waals surface area (Å²) >= 11 is 3.15. The van der Waals surface area contributed by atoms with Crippen LogP contribution in [0.3, 0.4) is 0 Å². The number of anilines is 3. The third-order valence-corrected chi connectivity index (χ3v) is 6.64. The third-order valence-electron chi connectivity index (χ3n) is 6.04. The number of nitrogens with zero attached hydrogens (tertiary/aromatic N) is 1. The zero-order valence-corrected chi connectivity index (χ0v) is 20.8. The van der Waals surface area contributed by atoms with E-state index in [1.54, 1.807) is 42.5 Å². The van der Waals surface area contributed by atoms with Crippen molar-refractivity contribution in [2.24, 2.45) is 5.92 Å². The normalized spacial score (nSPS) is 18.0. The van der Waals surface area contributed by atoms with Crippen LogP contribution in [0.5, 0.6) is 0 Å². The van der Waals surface area contributed by atoms with Crippen LogP contribution >= 0.6 is 15.9 Å². The first-order valence-corrected chi connectivity index (χ1v) is 12.0. The summed E-state index contributed by atoms with van der Waals surface area (Å²) in [6.45, 7) is 1.38. The number of rotatable bonds is 6. The predicted molar refractivity (Wildman–Crippen MR) is 141 cm³/mol. The molecule has 0 aromatic heterocycles. The quantitative estimate of drug-likeness (QED) is 0.302. The van der Waals surface area contributed by atoms with E-state index in [1.807, 2.05) is 31.3 Å². The zero-order valence-electron chi connectivity index (χ0n) is 19.2. The van der Waals surface area contributed by atoms with E-state index in [-0.39, 0.29) is 29.5 Å². The van der Waals surface area contributed by atoms with Gasteiger partial charge >= 0.3 is 0 Å². The molecule has 6 nitrogen and oxygen atoms in total. The number of hydrogen-bond donors (Lipinski definition) is 3. The van der Waals surface area contributed by atoms with Gasteiger partial charge in [-0.25, -0.2) is 4.39 Å². The molecule has 3 aromatic carbocycles. The molecule has 0 aliphatic carbocycles. The molecule has 4 rings (SSSR count). The van der Waals surface area contributed by atoms with E-state index in [1.165, 1.54) is 12.1 Å². The van der Waals surface area contributed by atoms with Gasteiger partial charge in [-0.05, 0) is 70.5 Å². The molecule has 2 amide bonds. The van der Waals surface area contributed by atoms with Gasteiger partial charge in [-0.3, -0.25) is 9.59 Å². The second-order valence-electron chi connectivity index (χ2n) is 8.63. The summed E-state index contributed by atoms with van der Waals surface area (Å²) in [5, 5.41) is 5.68. The zero-order chi connectivity index (χ0) is 24.9. The van der Waals surface area contributed by atoms with Crippen molar-refractivity contribution in [3.8, 4) is 0 Å². The summed E-state index contributed by atoms with van der Waals surface area (Å²) < 4.78 is 13.8. The van der Waals surface area contributed by atoms with Crippen LogP contribution in [-0.4, -0.2) is 36.9 Å². The Bertz CT molecular complexity index is 1260. The Morgan fingerprint density at radius 2 is 1.80 bits per heavy atom. The first kappa shape index (κ1) is 24.6. The predicted octanol–water partition coefficient (Wildman–Crippen LogP) is 5.11. The highest BCUT2D eigenvalue weighted by Crippen LogP contribution is 2.33. The van der Waals surface area contributed by atoms with E-state index < -0.39 is 0 Å². The number of hydrogen-bond acceptors (Lipinski definition) is 4. The van der Waals surface area contributed by atoms with Crippen LogP contribution in [0.2, 0.25) is 0 Å². The van der Waals surface area contributed by atoms with Crippen molar-refractivity contribution in [1.29, 1.82) is 0 Å². The monoisotopic (exact) mass is 536 g/mol. The maximum Gasteiger partial charge on any atom is 0.248 e. The molecule has 0 saturated carbocycles. The molecule has 1 heterocycles. The van der Waals surface area contributed by atoms with Crippen molar-refractivity contribution < 1.29 is 14.0 Å². The number of carbonyl (C=O) groups is 2. The number of amides is 2. The molecular formula is C27H26BrFN4O2. The van der Waals surface area contributed by atoms with Gasteiger partial charge in [0.05, 0.1) is 21.8 Å². The molecule has 1 fully saturated rings. The fraction of sp³-hybridized carbons (Fsp3) is 0.185. The largest absolute Gasteiger partial charge is 0.397 e. The van der Waals surface area contributed by atoms with E-state index in [0.29, 0.717) is 28.1 Å². The number of nitrogens with one attached hydrogen (secondary N) is 2. The molecule has 4 N–H and O–H groups in total. The molecule has 1 aliphatic heterocycles. The van der Waals surface area contributed by atoms with Gasteiger partial charge in [0, 0.05) is 30.8 Å². The molecule has 0 spiro atoms. The van der Waals surface area contributed by atoms with Crippen LogP contribution in [0, 0.1) is 11.7 Å². The molecule has 0 unspecified atom stereocenters. The van der Waals surface area contributed by atoms with Crippen LogP contribution < -0.4 is 16.4 Å². The van der Waals surface area contributed by atoms with Crippen molar-refractivity contribution in [1.82, 2.24) is 4.90 Å². The van der Waals surface area contributed by atoms with E-state index in [9.17, 15) is 14.0 Å². The Labute approximate surface area is 212 Å². The summed E-state index contributed by atoms with van der Waals surface area (Å²) in [4.78, 5) is 27.4. The number of likely N-dealkylation sites (N-methyl/N-ethyl adjacent to an activating group) is 1. The highest BCUT2D eigenvalue weighted by atomic mass is 79.9. The molecule has 3 aromatic rings. The van der Waals surface area contributed by atoms with E-state index >= 15 is 0 Å². The number of carbonyl (C=O) groups excluding carboxylic acids is 2. The minimum atomic E-state index is -0.378. The van der Waals surface area contributed by atoms with Gasteiger partial charge in [0.15, 0.2) is 0 Å². The first-order valence-electron chi connectivity index (χ1n) is 11.2. The lowest BCUT2D eigenvalue weighted by Gasteiger charge is -2.19. The van der Waals surface area contributed by atoms with Crippen LogP contribution in [-0.2, 0) is 9.59 Å². The third kappa shape index (κ3) is 6.15. The highest BCUT2D eigenvalue weighted by Gasteiger charge is 2.37. The van der Waals surface area contributed by atoms with Crippen molar-refractivity contribution >= 4 is 50.9 Å². The molecule has 0 bridgehead atoms. The van der Waals surface area contributed by atoms with Gasteiger partial charge in [-0.15, -0.1) is 0 Å². The van der Waals surface area contributed by atoms with Crippen molar-refractivity contribution in [2.75, 3.05) is 36.5 Å². The van der Waals surface area contributed by atoms with E-state index in [0.717, 1.165) is 17.7 Å². The molecule has 35 heavy (non-hydrogen) atoms. The van der Waals surface area contributed by atoms with Gasteiger partial charge in [-0.2, -0.15) is 0 Å². The lowest BCUT2D eigenvalue weighted by molar-refractivity contribution is -0.119. The van der Waals surface area contributed by atoms with Crippen molar-refractivity contribution in [2.45, 2.75) is 5.92 Å². The van der Waals surface area contributed by atoms with Crippen LogP contribution in [0.15, 0.2) is 77.3 Å². The smallest absolute Gasteiger partial charge is 0.248 e. The summed E-state index contributed by atoms with van der Waals surface area (Å²) in [7, 11) is 1.99. The molecule has 2 atom stereocenters. The second kappa shape index (κ2) is 10.8. The lowest BCUT2D eigenvalue weighted by Crippen LogP contribution is -2.28. The Morgan fingerprint density at radius 1 is 1.06 bits per heavy atom. The molecule has 1 saturated heterocycles. The van der Waals surface area contributed by atoms with Gasteiger partial charge in [-0.1, -0.05) is 36.4 Å². The first-order chi connectivity index (χ1) is 16.8. The van der Waals surface area contributed by atoms with Crippen LogP contribution in [0.25, 0.3) is 6.08 Å². The van der Waals surface area contributed by atoms with E-state index in [4.69, 9.17) is 5.73 Å². The van der Waals surface area contributed by atoms with Crippen molar-refractivity contribution in [3.05, 3.63) is 94.2 Å². The van der Waals surface area contributed by atoms with Gasteiger partial charge in [0.1, 0.15) is 5.82 Å². The Morgan fingerprint density at radius 3 is 2.51 bits per heavy atom. The molecule has 1 aliphatic rings. The van der Waals surface area contributed by atoms with Crippen LogP contribution in [0.4, 0.5) is 21.5 Å². The summed E-state index contributed by atoms with van der Waals surface area (Å²) in [5.41, 5.74) is 9.40. The summed E-state index contributed by atoms with van der Waals surface area (Å²) in [6, 6.07) is 19.4. The van der Waals surface area contributed by atoms with Gasteiger partial charge < -0.3 is 21.3 Å². The second-order valence-corrected chi connectivity index (χ2v) is 9.48. The number of likely N-dealkylation sites (tertiary alicyclic amines) is 1. The fourth-order valence-corrected chi connectivity index (χ4v) is 4.60. The molecule has 8 heteroatoms. The summed E-state index contributed by atoms with van der Waals surface area (Å²) in [6.07, 6.45) is 3.19. The highest BCUT2D eigenvalue weighted by molar-refractivity contribution is 9.10. The lowest BCUT2D eigenvalue weighted by atomic mass is 9.88. The minimum Gasteiger partial charge on any atom is -0.397 e. The molecule has 180 valence electrons. The van der Waals surface area contributed by atoms with Gasteiger partial charge in [0.2, 0.25) is 11.8 Å². The number of nitrogens with two attached hydrogens (primary N) is 1. The Kier molecular flexibility index (Phi) is 7.63. The standard InChI is InChI=1S/C27H26BrFN4O2/c1-33-15-20(21(16-33)27(35)31-19-11-12-23(29)22(28)14-19)18-9-6-17(7-10-18)8-13-26(34)32-25-5-3-2-4-24(25)30/h2-14,20-21H,15-16,30H2,1H3,(H,31,35)(H,32,34)/b13-8+/t20-,21+/m1/s1. The summed E-state index contributed by atoms with van der Waals surface area (Å²) in [5.74, 6) is -0.969. The average Bonchev–Trinajstić information content (AvgIpc) is 3.24. The average molecular weight is 537 g/mol. The maximum absolute atomic E-state index is 13.5. The molecule has 0 radical (unpaired) electrons. The van der Waals surface area contributed by atoms with E-state index in [2.05, 4.69) is 31.5 Å². The van der Waals surface area contributed by atoms with Crippen molar-refractivity contribution in [3.63, 3.8) is 0 Å².